The minimum absolute atomic E-state index is 0.0974. The molecule has 2 unspecified atom stereocenters. The highest BCUT2D eigenvalue weighted by molar-refractivity contribution is 7.19. The molecule has 4 rings (SSSR count). The van der Waals surface area contributed by atoms with Crippen molar-refractivity contribution >= 4 is 27.3 Å². The predicted octanol–water partition coefficient (Wildman–Crippen LogP) is 3.07. The summed E-state index contributed by atoms with van der Waals surface area (Å²) < 4.78 is 12.4. The van der Waals surface area contributed by atoms with Crippen molar-refractivity contribution in [2.24, 2.45) is 0 Å². The third-order valence-corrected chi connectivity index (χ3v) is 5.73. The van der Waals surface area contributed by atoms with Gasteiger partial charge in [-0.15, -0.1) is 11.3 Å². The van der Waals surface area contributed by atoms with E-state index < -0.39 is 11.7 Å². The standard InChI is InChI=1S/C20H19NO4S/c1-20(23,18-10-13-6-2-5-9-17(13)26-18)12-21-19(22)16-11-24-14-7-3-4-8-15(14)25-16/h2-10,16,23H,11-12H2,1H3,(H,21,22). The van der Waals surface area contributed by atoms with Crippen molar-refractivity contribution < 1.29 is 19.4 Å². The van der Waals surface area contributed by atoms with Gasteiger partial charge in [-0.2, -0.15) is 0 Å². The number of rotatable bonds is 4. The van der Waals surface area contributed by atoms with Gasteiger partial charge in [0.05, 0.1) is 6.54 Å². The summed E-state index contributed by atoms with van der Waals surface area (Å²) in [6.45, 7) is 1.94. The molecule has 2 atom stereocenters. The number of hydrogen-bond donors (Lipinski definition) is 2. The summed E-state index contributed by atoms with van der Waals surface area (Å²) in [7, 11) is 0. The van der Waals surface area contributed by atoms with Crippen molar-refractivity contribution in [2.45, 2.75) is 18.6 Å². The molecule has 0 fully saturated rings. The molecule has 0 aliphatic carbocycles. The van der Waals surface area contributed by atoms with E-state index in [4.69, 9.17) is 9.47 Å². The van der Waals surface area contributed by atoms with Gasteiger partial charge in [-0.1, -0.05) is 30.3 Å². The Hall–Kier alpha value is -2.57. The highest BCUT2D eigenvalue weighted by Crippen LogP contribution is 2.33. The van der Waals surface area contributed by atoms with Gasteiger partial charge in [0.1, 0.15) is 12.2 Å². The van der Waals surface area contributed by atoms with E-state index in [1.54, 1.807) is 19.1 Å². The molecule has 5 nitrogen and oxygen atoms in total. The maximum absolute atomic E-state index is 12.4. The van der Waals surface area contributed by atoms with Crippen molar-refractivity contribution in [1.82, 2.24) is 5.32 Å². The van der Waals surface area contributed by atoms with Gasteiger partial charge in [-0.3, -0.25) is 4.79 Å². The van der Waals surface area contributed by atoms with Crippen molar-refractivity contribution in [3.63, 3.8) is 0 Å². The second-order valence-electron chi connectivity index (χ2n) is 6.50. The zero-order valence-corrected chi connectivity index (χ0v) is 15.1. The van der Waals surface area contributed by atoms with Crippen LogP contribution in [0.25, 0.3) is 10.1 Å². The van der Waals surface area contributed by atoms with E-state index >= 15 is 0 Å². The maximum atomic E-state index is 12.4. The lowest BCUT2D eigenvalue weighted by Crippen LogP contribution is -2.47. The van der Waals surface area contributed by atoms with Crippen LogP contribution in [0.3, 0.4) is 0 Å². The van der Waals surface area contributed by atoms with Gasteiger partial charge in [0, 0.05) is 9.58 Å². The number of para-hydroxylation sites is 2. The molecule has 1 amide bonds. The van der Waals surface area contributed by atoms with Crippen LogP contribution >= 0.6 is 11.3 Å². The average Bonchev–Trinajstić information content (AvgIpc) is 3.11. The third-order valence-electron chi connectivity index (χ3n) is 4.36. The van der Waals surface area contributed by atoms with Gasteiger partial charge in [0.15, 0.2) is 11.5 Å². The molecule has 6 heteroatoms. The molecule has 0 saturated heterocycles. The van der Waals surface area contributed by atoms with Crippen molar-refractivity contribution in [1.29, 1.82) is 0 Å². The van der Waals surface area contributed by atoms with E-state index in [1.807, 2.05) is 42.5 Å². The summed E-state index contributed by atoms with van der Waals surface area (Å²) in [4.78, 5) is 13.2. The molecule has 2 heterocycles. The number of carbonyl (C=O) groups excluding carboxylic acids is 1. The number of aliphatic hydroxyl groups is 1. The van der Waals surface area contributed by atoms with Crippen LogP contribution in [0, 0.1) is 0 Å². The average molecular weight is 369 g/mol. The number of fused-ring (bicyclic) bond motifs is 2. The van der Waals surface area contributed by atoms with Crippen LogP contribution in [0.2, 0.25) is 0 Å². The molecule has 3 aromatic rings. The fraction of sp³-hybridized carbons (Fsp3) is 0.250. The van der Waals surface area contributed by atoms with Crippen LogP contribution in [0.4, 0.5) is 0 Å². The SMILES string of the molecule is CC(O)(CNC(=O)C1COc2ccccc2O1)c1cc2ccccc2s1. The highest BCUT2D eigenvalue weighted by atomic mass is 32.1. The van der Waals surface area contributed by atoms with E-state index in [2.05, 4.69) is 5.32 Å². The van der Waals surface area contributed by atoms with Gasteiger partial charge in [-0.25, -0.2) is 0 Å². The molecule has 0 spiro atoms. The Balaban J connectivity index is 1.42. The Morgan fingerprint density at radius 3 is 2.77 bits per heavy atom. The van der Waals surface area contributed by atoms with Crippen molar-refractivity contribution in [3.05, 3.63) is 59.5 Å². The number of hydrogen-bond acceptors (Lipinski definition) is 5. The lowest BCUT2D eigenvalue weighted by atomic mass is 10.0. The normalized spacial score (nSPS) is 18.3. The number of nitrogens with one attached hydrogen (secondary N) is 1. The zero-order valence-electron chi connectivity index (χ0n) is 14.3. The topological polar surface area (TPSA) is 67.8 Å². The van der Waals surface area contributed by atoms with Gasteiger partial charge in [-0.05, 0) is 36.6 Å². The lowest BCUT2D eigenvalue weighted by molar-refractivity contribution is -0.131. The fourth-order valence-electron chi connectivity index (χ4n) is 2.86. The van der Waals surface area contributed by atoms with E-state index in [-0.39, 0.29) is 19.1 Å². The zero-order chi connectivity index (χ0) is 18.1. The molecule has 2 aromatic carbocycles. The first-order valence-electron chi connectivity index (χ1n) is 8.40. The van der Waals surface area contributed by atoms with Gasteiger partial charge >= 0.3 is 0 Å². The summed E-state index contributed by atoms with van der Waals surface area (Å²) >= 11 is 1.52. The summed E-state index contributed by atoms with van der Waals surface area (Å²) in [5.74, 6) is 0.880. The summed E-state index contributed by atoms with van der Waals surface area (Å²) in [5.41, 5.74) is -1.16. The molecular weight excluding hydrogens is 350 g/mol. The molecule has 1 aliphatic heterocycles. The Bertz CT molecular complexity index is 917. The van der Waals surface area contributed by atoms with E-state index in [0.717, 1.165) is 15.0 Å². The van der Waals surface area contributed by atoms with E-state index in [9.17, 15) is 9.90 Å². The van der Waals surface area contributed by atoms with Crippen LogP contribution in [0.5, 0.6) is 11.5 Å². The molecule has 134 valence electrons. The van der Waals surface area contributed by atoms with Crippen LogP contribution < -0.4 is 14.8 Å². The number of amides is 1. The molecular formula is C20H19NO4S. The quantitative estimate of drug-likeness (QED) is 0.742. The minimum atomic E-state index is -1.16. The lowest BCUT2D eigenvalue weighted by Gasteiger charge is -2.27. The maximum Gasteiger partial charge on any atom is 0.264 e. The van der Waals surface area contributed by atoms with Crippen molar-refractivity contribution in [2.75, 3.05) is 13.2 Å². The number of benzene rings is 2. The first kappa shape index (κ1) is 16.9. The van der Waals surface area contributed by atoms with Gasteiger partial charge in [0.2, 0.25) is 6.10 Å². The molecule has 0 bridgehead atoms. The van der Waals surface area contributed by atoms with Gasteiger partial charge in [0.25, 0.3) is 5.91 Å². The Labute approximate surface area is 155 Å². The number of ether oxygens (including phenoxy) is 2. The van der Waals surface area contributed by atoms with Crippen LogP contribution in [-0.4, -0.2) is 30.3 Å². The smallest absolute Gasteiger partial charge is 0.264 e. The second-order valence-corrected chi connectivity index (χ2v) is 7.59. The first-order chi connectivity index (χ1) is 12.5. The predicted molar refractivity (Wildman–Crippen MR) is 101 cm³/mol. The molecule has 1 aliphatic rings. The van der Waals surface area contributed by atoms with Crippen LogP contribution in [-0.2, 0) is 10.4 Å². The monoisotopic (exact) mass is 369 g/mol. The number of thiophene rings is 1. The minimum Gasteiger partial charge on any atom is -0.485 e. The summed E-state index contributed by atoms with van der Waals surface area (Å²) in [6.07, 6.45) is -0.733. The third kappa shape index (κ3) is 3.25. The second kappa shape index (κ2) is 6.63. The Morgan fingerprint density at radius 1 is 1.23 bits per heavy atom. The molecule has 0 radical (unpaired) electrons. The molecule has 1 aromatic heterocycles. The van der Waals surface area contributed by atoms with E-state index in [1.165, 1.54) is 11.3 Å². The molecule has 2 N–H and O–H groups in total. The fourth-order valence-corrected chi connectivity index (χ4v) is 3.96. The van der Waals surface area contributed by atoms with Crippen molar-refractivity contribution in [3.8, 4) is 11.5 Å². The Kier molecular flexibility index (Phi) is 4.30. The first-order valence-corrected chi connectivity index (χ1v) is 9.22. The highest BCUT2D eigenvalue weighted by Gasteiger charge is 2.31. The number of carbonyl (C=O) groups is 1. The summed E-state index contributed by atoms with van der Waals surface area (Å²) in [5, 5.41) is 14.7. The largest absolute Gasteiger partial charge is 0.485 e. The van der Waals surface area contributed by atoms with Crippen LogP contribution in [0.15, 0.2) is 54.6 Å². The summed E-state index contributed by atoms with van der Waals surface area (Å²) in [6, 6.07) is 17.2. The molecule has 0 saturated carbocycles. The van der Waals surface area contributed by atoms with Gasteiger partial charge < -0.3 is 19.9 Å². The van der Waals surface area contributed by atoms with Crippen LogP contribution in [0.1, 0.15) is 11.8 Å². The van der Waals surface area contributed by atoms with E-state index in [0.29, 0.717) is 11.5 Å². The Morgan fingerprint density at radius 2 is 1.96 bits per heavy atom. The molecule has 26 heavy (non-hydrogen) atoms.